The van der Waals surface area contributed by atoms with E-state index in [-0.39, 0.29) is 5.91 Å². The summed E-state index contributed by atoms with van der Waals surface area (Å²) >= 11 is 0. The summed E-state index contributed by atoms with van der Waals surface area (Å²) in [5.74, 6) is 0.962. The second-order valence-corrected chi connectivity index (χ2v) is 6.14. The van der Waals surface area contributed by atoms with Crippen molar-refractivity contribution in [3.05, 3.63) is 65.2 Å². The maximum Gasteiger partial charge on any atom is 0.234 e. The lowest BCUT2D eigenvalue weighted by atomic mass is 10.00. The minimum atomic E-state index is 0.0873. The summed E-state index contributed by atoms with van der Waals surface area (Å²) in [6.07, 6.45) is 1.79. The zero-order valence-corrected chi connectivity index (χ0v) is 14.1. The van der Waals surface area contributed by atoms with E-state index >= 15 is 0 Å². The fourth-order valence-electron chi connectivity index (χ4n) is 3.19. The van der Waals surface area contributed by atoms with Crippen LogP contribution in [0.2, 0.25) is 0 Å². The standard InChI is InChI=1S/C20H24N2O2/c1-24-19-9-5-4-7-17(19)10-12-21-20(23)15-22-13-11-16-6-2-3-8-18(16)14-22/h2-9H,10-15H2,1H3,(H,21,23). The number of methoxy groups -OCH3 is 1. The first-order valence-electron chi connectivity index (χ1n) is 8.44. The smallest absolute Gasteiger partial charge is 0.234 e. The molecule has 1 aliphatic heterocycles. The number of nitrogens with one attached hydrogen (secondary N) is 1. The number of hydrogen-bond donors (Lipinski definition) is 1. The number of hydrogen-bond acceptors (Lipinski definition) is 3. The van der Waals surface area contributed by atoms with Crippen molar-refractivity contribution in [1.82, 2.24) is 10.2 Å². The van der Waals surface area contributed by atoms with Crippen LogP contribution in [0, 0.1) is 0 Å². The zero-order chi connectivity index (χ0) is 16.8. The monoisotopic (exact) mass is 324 g/mol. The summed E-state index contributed by atoms with van der Waals surface area (Å²) in [6, 6.07) is 16.4. The molecule has 3 rings (SSSR count). The maximum atomic E-state index is 12.2. The maximum absolute atomic E-state index is 12.2. The molecule has 1 amide bonds. The molecule has 0 aromatic heterocycles. The molecule has 1 aliphatic rings. The molecule has 0 radical (unpaired) electrons. The van der Waals surface area contributed by atoms with Gasteiger partial charge in [-0.05, 0) is 35.6 Å². The number of ether oxygens (including phenoxy) is 1. The van der Waals surface area contributed by atoms with Crippen molar-refractivity contribution in [2.24, 2.45) is 0 Å². The largest absolute Gasteiger partial charge is 0.496 e. The Balaban J connectivity index is 1.45. The molecule has 0 spiro atoms. The van der Waals surface area contributed by atoms with Gasteiger partial charge in [0, 0.05) is 19.6 Å². The van der Waals surface area contributed by atoms with Gasteiger partial charge in [-0.15, -0.1) is 0 Å². The quantitative estimate of drug-likeness (QED) is 0.887. The Morgan fingerprint density at radius 1 is 1.12 bits per heavy atom. The third kappa shape index (κ3) is 4.15. The highest BCUT2D eigenvalue weighted by Gasteiger charge is 2.17. The molecular weight excluding hydrogens is 300 g/mol. The van der Waals surface area contributed by atoms with Crippen LogP contribution >= 0.6 is 0 Å². The van der Waals surface area contributed by atoms with Gasteiger partial charge in [-0.3, -0.25) is 9.69 Å². The van der Waals surface area contributed by atoms with Crippen molar-refractivity contribution in [2.75, 3.05) is 26.7 Å². The second-order valence-electron chi connectivity index (χ2n) is 6.14. The van der Waals surface area contributed by atoms with E-state index in [1.807, 2.05) is 24.3 Å². The van der Waals surface area contributed by atoms with E-state index in [0.717, 1.165) is 37.2 Å². The Labute approximate surface area is 143 Å². The SMILES string of the molecule is COc1ccccc1CCNC(=O)CN1CCc2ccccc2C1. The first-order chi connectivity index (χ1) is 11.8. The highest BCUT2D eigenvalue weighted by molar-refractivity contribution is 5.78. The number of amides is 1. The van der Waals surface area contributed by atoms with Gasteiger partial charge in [0.05, 0.1) is 13.7 Å². The third-order valence-electron chi connectivity index (χ3n) is 4.49. The van der Waals surface area contributed by atoms with E-state index in [2.05, 4.69) is 34.5 Å². The molecule has 0 atom stereocenters. The Morgan fingerprint density at radius 2 is 1.88 bits per heavy atom. The predicted octanol–water partition coefficient (Wildman–Crippen LogP) is 2.41. The number of carbonyl (C=O) groups excluding carboxylic acids is 1. The summed E-state index contributed by atoms with van der Waals surface area (Å²) in [7, 11) is 1.67. The van der Waals surface area contributed by atoms with Crippen LogP contribution in [0.5, 0.6) is 5.75 Å². The molecule has 0 aliphatic carbocycles. The summed E-state index contributed by atoms with van der Waals surface area (Å²) < 4.78 is 5.34. The molecule has 126 valence electrons. The average molecular weight is 324 g/mol. The molecule has 0 fully saturated rings. The van der Waals surface area contributed by atoms with Crippen molar-refractivity contribution in [3.8, 4) is 5.75 Å². The van der Waals surface area contributed by atoms with Gasteiger partial charge < -0.3 is 10.1 Å². The number of carbonyl (C=O) groups is 1. The average Bonchev–Trinajstić information content (AvgIpc) is 2.62. The lowest BCUT2D eigenvalue weighted by Gasteiger charge is -2.28. The lowest BCUT2D eigenvalue weighted by molar-refractivity contribution is -0.122. The molecule has 0 saturated heterocycles. The van der Waals surface area contributed by atoms with E-state index in [9.17, 15) is 4.79 Å². The van der Waals surface area contributed by atoms with Crippen LogP contribution in [-0.4, -0.2) is 37.6 Å². The molecule has 24 heavy (non-hydrogen) atoms. The van der Waals surface area contributed by atoms with Crippen molar-refractivity contribution in [1.29, 1.82) is 0 Å². The van der Waals surface area contributed by atoms with Crippen LogP contribution < -0.4 is 10.1 Å². The molecule has 1 heterocycles. The van der Waals surface area contributed by atoms with Gasteiger partial charge in [-0.25, -0.2) is 0 Å². The fraction of sp³-hybridized carbons (Fsp3) is 0.350. The zero-order valence-electron chi connectivity index (χ0n) is 14.1. The Bertz CT molecular complexity index is 700. The van der Waals surface area contributed by atoms with Crippen molar-refractivity contribution < 1.29 is 9.53 Å². The summed E-state index contributed by atoms with van der Waals surface area (Å²) in [4.78, 5) is 14.4. The molecule has 0 bridgehead atoms. The molecule has 4 heteroatoms. The van der Waals surface area contributed by atoms with Crippen LogP contribution in [0.4, 0.5) is 0 Å². The number of benzene rings is 2. The second kappa shape index (κ2) is 7.97. The van der Waals surface area contributed by atoms with E-state index < -0.39 is 0 Å². The number of nitrogens with zero attached hydrogens (tertiary/aromatic N) is 1. The number of rotatable bonds is 6. The lowest BCUT2D eigenvalue weighted by Crippen LogP contribution is -2.40. The highest BCUT2D eigenvalue weighted by Crippen LogP contribution is 2.18. The third-order valence-corrected chi connectivity index (χ3v) is 4.49. The molecule has 4 nitrogen and oxygen atoms in total. The van der Waals surface area contributed by atoms with Crippen LogP contribution in [0.15, 0.2) is 48.5 Å². The first-order valence-corrected chi connectivity index (χ1v) is 8.44. The van der Waals surface area contributed by atoms with E-state index in [4.69, 9.17) is 4.74 Å². The van der Waals surface area contributed by atoms with Crippen LogP contribution in [0.3, 0.4) is 0 Å². The van der Waals surface area contributed by atoms with E-state index in [1.54, 1.807) is 7.11 Å². The Kier molecular flexibility index (Phi) is 5.49. The minimum Gasteiger partial charge on any atom is -0.496 e. The minimum absolute atomic E-state index is 0.0873. The molecule has 2 aromatic rings. The Morgan fingerprint density at radius 3 is 2.71 bits per heavy atom. The van der Waals surface area contributed by atoms with Gasteiger partial charge in [0.15, 0.2) is 0 Å². The van der Waals surface area contributed by atoms with Gasteiger partial charge in [-0.1, -0.05) is 42.5 Å². The van der Waals surface area contributed by atoms with Crippen molar-refractivity contribution in [2.45, 2.75) is 19.4 Å². The predicted molar refractivity (Wildman–Crippen MR) is 95.1 cm³/mol. The molecular formula is C20H24N2O2. The van der Waals surface area contributed by atoms with Gasteiger partial charge >= 0.3 is 0 Å². The highest BCUT2D eigenvalue weighted by atomic mass is 16.5. The fourth-order valence-corrected chi connectivity index (χ4v) is 3.19. The van der Waals surface area contributed by atoms with E-state index in [0.29, 0.717) is 13.1 Å². The van der Waals surface area contributed by atoms with Gasteiger partial charge in [-0.2, -0.15) is 0 Å². The van der Waals surface area contributed by atoms with E-state index in [1.165, 1.54) is 11.1 Å². The normalized spacial score (nSPS) is 14.0. The summed E-state index contributed by atoms with van der Waals surface area (Å²) in [6.45, 7) is 2.89. The van der Waals surface area contributed by atoms with Crippen LogP contribution in [0.1, 0.15) is 16.7 Å². The van der Waals surface area contributed by atoms with Crippen molar-refractivity contribution in [3.63, 3.8) is 0 Å². The number of fused-ring (bicyclic) bond motifs is 1. The molecule has 0 unspecified atom stereocenters. The molecule has 2 aromatic carbocycles. The van der Waals surface area contributed by atoms with Crippen LogP contribution in [-0.2, 0) is 24.2 Å². The van der Waals surface area contributed by atoms with Crippen LogP contribution in [0.25, 0.3) is 0 Å². The molecule has 1 N–H and O–H groups in total. The summed E-state index contributed by atoms with van der Waals surface area (Å²) in [5, 5.41) is 3.02. The Hall–Kier alpha value is -2.33. The van der Waals surface area contributed by atoms with Gasteiger partial charge in [0.25, 0.3) is 0 Å². The topological polar surface area (TPSA) is 41.6 Å². The van der Waals surface area contributed by atoms with Crippen molar-refractivity contribution >= 4 is 5.91 Å². The van der Waals surface area contributed by atoms with Gasteiger partial charge in [0.1, 0.15) is 5.75 Å². The summed E-state index contributed by atoms with van der Waals surface area (Å²) in [5.41, 5.74) is 3.86. The number of para-hydroxylation sites is 1. The first kappa shape index (κ1) is 16.5. The van der Waals surface area contributed by atoms with Gasteiger partial charge in [0.2, 0.25) is 5.91 Å². The molecule has 0 saturated carbocycles.